The number of alkyl halides is 1. The van der Waals surface area contributed by atoms with Gasteiger partial charge in [-0.25, -0.2) is 9.97 Å². The quantitative estimate of drug-likeness (QED) is 0.793. The third kappa shape index (κ3) is 2.35. The van der Waals surface area contributed by atoms with E-state index in [0.717, 1.165) is 42.1 Å². The molecule has 1 aliphatic heterocycles. The molecule has 2 aromatic heterocycles. The maximum absolute atomic E-state index is 6.06. The van der Waals surface area contributed by atoms with Crippen molar-refractivity contribution in [2.75, 3.05) is 6.61 Å². The predicted octanol–water partition coefficient (Wildman–Crippen LogP) is 3.22. The Morgan fingerprint density at radius 1 is 1.42 bits per heavy atom. The lowest BCUT2D eigenvalue weighted by molar-refractivity contribution is 0.00623. The van der Waals surface area contributed by atoms with Gasteiger partial charge in [0.05, 0.1) is 12.0 Å². The van der Waals surface area contributed by atoms with Crippen molar-refractivity contribution < 1.29 is 4.74 Å². The Balaban J connectivity index is 2.11. The van der Waals surface area contributed by atoms with Crippen LogP contribution in [0.4, 0.5) is 0 Å². The zero-order valence-corrected chi connectivity index (χ0v) is 12.0. The van der Waals surface area contributed by atoms with Crippen LogP contribution in [0.15, 0.2) is 12.1 Å². The summed E-state index contributed by atoms with van der Waals surface area (Å²) in [6, 6.07) is 4.40. The van der Waals surface area contributed by atoms with Crippen molar-refractivity contribution in [2.24, 2.45) is 0 Å². The molecule has 1 aliphatic rings. The van der Waals surface area contributed by atoms with Gasteiger partial charge in [0.1, 0.15) is 11.3 Å². The highest BCUT2D eigenvalue weighted by atomic mass is 35.5. The molecule has 0 amide bonds. The fraction of sp³-hybridized carbons (Fsp3) is 0.571. The largest absolute Gasteiger partial charge is 0.378 e. The predicted molar refractivity (Wildman–Crippen MR) is 75.5 cm³/mol. The fourth-order valence-electron chi connectivity index (χ4n) is 2.80. The molecule has 0 aliphatic carbocycles. The van der Waals surface area contributed by atoms with Crippen LogP contribution in [0.3, 0.4) is 0 Å². The molecule has 0 N–H and O–H groups in total. The topological polar surface area (TPSA) is 39.9 Å². The molecule has 3 rings (SSSR count). The first-order valence-electron chi connectivity index (χ1n) is 6.71. The molecule has 0 bridgehead atoms. The fourth-order valence-corrected chi connectivity index (χ4v) is 2.99. The lowest BCUT2D eigenvalue weighted by Gasteiger charge is -2.29. The van der Waals surface area contributed by atoms with Crippen LogP contribution in [0.5, 0.6) is 0 Å². The van der Waals surface area contributed by atoms with Crippen LogP contribution in [0, 0.1) is 6.92 Å². The second-order valence-corrected chi connectivity index (χ2v) is 5.45. The molecule has 19 heavy (non-hydrogen) atoms. The molecule has 0 saturated carbocycles. The van der Waals surface area contributed by atoms with Crippen molar-refractivity contribution in [1.29, 1.82) is 0 Å². The van der Waals surface area contributed by atoms with E-state index < -0.39 is 0 Å². The molecule has 0 aromatic carbocycles. The van der Waals surface area contributed by atoms with E-state index in [0.29, 0.717) is 11.9 Å². The molecule has 4 nitrogen and oxygen atoms in total. The molecule has 1 saturated heterocycles. The van der Waals surface area contributed by atoms with Crippen LogP contribution in [0.25, 0.3) is 11.2 Å². The van der Waals surface area contributed by atoms with E-state index in [1.165, 1.54) is 0 Å². The Labute approximate surface area is 117 Å². The van der Waals surface area contributed by atoms with Gasteiger partial charge in [0.25, 0.3) is 0 Å². The maximum atomic E-state index is 6.06. The number of aryl methyl sites for hydroxylation is 1. The normalized spacial score (nSPS) is 23.9. The minimum Gasteiger partial charge on any atom is -0.378 e. The zero-order valence-electron chi connectivity index (χ0n) is 11.3. The van der Waals surface area contributed by atoms with Gasteiger partial charge in [0, 0.05) is 18.3 Å². The third-order valence-electron chi connectivity index (χ3n) is 3.69. The average molecular weight is 280 g/mol. The van der Waals surface area contributed by atoms with Crippen LogP contribution < -0.4 is 0 Å². The number of fused-ring (bicyclic) bond motifs is 1. The van der Waals surface area contributed by atoms with Crippen LogP contribution in [-0.2, 0) is 10.6 Å². The zero-order chi connectivity index (χ0) is 13.4. The Morgan fingerprint density at radius 2 is 2.26 bits per heavy atom. The first-order valence-corrected chi connectivity index (χ1v) is 7.24. The third-order valence-corrected chi connectivity index (χ3v) is 3.93. The number of rotatable bonds is 2. The lowest BCUT2D eigenvalue weighted by atomic mass is 10.0. The second-order valence-electron chi connectivity index (χ2n) is 5.19. The van der Waals surface area contributed by atoms with Crippen molar-refractivity contribution in [3.05, 3.63) is 23.7 Å². The van der Waals surface area contributed by atoms with E-state index in [9.17, 15) is 0 Å². The molecule has 0 spiro atoms. The minimum atomic E-state index is 0.282. The van der Waals surface area contributed by atoms with E-state index in [-0.39, 0.29) is 6.10 Å². The van der Waals surface area contributed by atoms with E-state index in [1.54, 1.807) is 0 Å². The van der Waals surface area contributed by atoms with Gasteiger partial charge in [-0.2, -0.15) is 0 Å². The number of hydrogen-bond acceptors (Lipinski definition) is 3. The number of ether oxygens (including phenoxy) is 1. The Kier molecular flexibility index (Phi) is 3.46. The van der Waals surface area contributed by atoms with E-state index in [4.69, 9.17) is 16.3 Å². The number of hydrogen-bond donors (Lipinski definition) is 0. The monoisotopic (exact) mass is 279 g/mol. The standard InChI is InChI=1S/C14H18ClN3O/c1-9-3-4-12-14(16-9)18(13(8-15)17-12)11-5-6-19-10(2)7-11/h3-4,10-11H,5-8H2,1-2H3. The summed E-state index contributed by atoms with van der Waals surface area (Å²) in [6.07, 6.45) is 2.27. The second kappa shape index (κ2) is 5.10. The number of imidazole rings is 1. The molecule has 2 atom stereocenters. The molecule has 1 fully saturated rings. The molecular weight excluding hydrogens is 262 g/mol. The maximum Gasteiger partial charge on any atom is 0.160 e. The molecule has 0 radical (unpaired) electrons. The molecule has 5 heteroatoms. The highest BCUT2D eigenvalue weighted by Gasteiger charge is 2.25. The van der Waals surface area contributed by atoms with Gasteiger partial charge < -0.3 is 9.30 Å². The summed E-state index contributed by atoms with van der Waals surface area (Å²) < 4.78 is 7.84. The Morgan fingerprint density at radius 3 is 3.00 bits per heavy atom. The Bertz CT molecular complexity index is 596. The van der Waals surface area contributed by atoms with Crippen LogP contribution in [-0.4, -0.2) is 27.2 Å². The molecule has 102 valence electrons. The summed E-state index contributed by atoms with van der Waals surface area (Å²) in [7, 11) is 0. The van der Waals surface area contributed by atoms with Crippen molar-refractivity contribution in [1.82, 2.24) is 14.5 Å². The van der Waals surface area contributed by atoms with E-state index >= 15 is 0 Å². The van der Waals surface area contributed by atoms with Gasteiger partial charge in [0.2, 0.25) is 0 Å². The summed E-state index contributed by atoms with van der Waals surface area (Å²) in [5.74, 6) is 1.33. The summed E-state index contributed by atoms with van der Waals surface area (Å²) >= 11 is 6.06. The lowest BCUT2D eigenvalue weighted by Crippen LogP contribution is -2.26. The first-order chi connectivity index (χ1) is 9.19. The van der Waals surface area contributed by atoms with Gasteiger partial charge in [0.15, 0.2) is 5.65 Å². The van der Waals surface area contributed by atoms with E-state index in [2.05, 4.69) is 21.5 Å². The summed E-state index contributed by atoms with van der Waals surface area (Å²) in [5.41, 5.74) is 2.89. The van der Waals surface area contributed by atoms with Gasteiger partial charge in [-0.15, -0.1) is 11.6 Å². The highest BCUT2D eigenvalue weighted by molar-refractivity contribution is 6.16. The summed E-state index contributed by atoms with van der Waals surface area (Å²) in [4.78, 5) is 9.25. The highest BCUT2D eigenvalue weighted by Crippen LogP contribution is 2.30. The molecular formula is C14H18ClN3O. The smallest absolute Gasteiger partial charge is 0.160 e. The van der Waals surface area contributed by atoms with Crippen LogP contribution >= 0.6 is 11.6 Å². The van der Waals surface area contributed by atoms with Crippen molar-refractivity contribution in [3.8, 4) is 0 Å². The van der Waals surface area contributed by atoms with Gasteiger partial charge in [-0.1, -0.05) is 0 Å². The van der Waals surface area contributed by atoms with Crippen LogP contribution in [0.1, 0.15) is 37.3 Å². The van der Waals surface area contributed by atoms with Crippen molar-refractivity contribution >= 4 is 22.8 Å². The van der Waals surface area contributed by atoms with Crippen molar-refractivity contribution in [2.45, 2.75) is 44.7 Å². The Hall–Kier alpha value is -1.13. The summed E-state index contributed by atoms with van der Waals surface area (Å²) in [5, 5.41) is 0. The first kappa shape index (κ1) is 12.9. The number of nitrogens with zero attached hydrogens (tertiary/aromatic N) is 3. The average Bonchev–Trinajstić information content (AvgIpc) is 2.76. The van der Waals surface area contributed by atoms with Crippen molar-refractivity contribution in [3.63, 3.8) is 0 Å². The summed E-state index contributed by atoms with van der Waals surface area (Å²) in [6.45, 7) is 4.91. The van der Waals surface area contributed by atoms with Gasteiger partial charge in [-0.05, 0) is 38.8 Å². The SMILES string of the molecule is Cc1ccc2nc(CCl)n(C3CCOC(C)C3)c2n1. The number of pyridine rings is 1. The van der Waals surface area contributed by atoms with Gasteiger partial charge >= 0.3 is 0 Å². The van der Waals surface area contributed by atoms with Gasteiger partial charge in [-0.3, -0.25) is 0 Å². The molecule has 2 unspecified atom stereocenters. The number of aromatic nitrogens is 3. The van der Waals surface area contributed by atoms with E-state index in [1.807, 2.05) is 19.1 Å². The molecule has 3 heterocycles. The molecule has 2 aromatic rings. The van der Waals surface area contributed by atoms with Crippen LogP contribution in [0.2, 0.25) is 0 Å². The minimum absolute atomic E-state index is 0.282. The number of halogens is 1.